The third-order valence-electron chi connectivity index (χ3n) is 3.82. The van der Waals surface area contributed by atoms with Crippen LogP contribution in [0.5, 0.6) is 5.75 Å². The van der Waals surface area contributed by atoms with Crippen molar-refractivity contribution in [3.63, 3.8) is 0 Å². The molecule has 1 amide bonds. The summed E-state index contributed by atoms with van der Waals surface area (Å²) in [6.07, 6.45) is 0.757. The van der Waals surface area contributed by atoms with Crippen molar-refractivity contribution in [1.82, 2.24) is 0 Å². The Bertz CT molecular complexity index is 662. The van der Waals surface area contributed by atoms with Gasteiger partial charge in [-0.1, -0.05) is 50.2 Å². The molecule has 1 aliphatic rings. The largest absolute Gasteiger partial charge is 0.489 e. The van der Waals surface area contributed by atoms with Gasteiger partial charge in [-0.2, -0.15) is 0 Å². The van der Waals surface area contributed by atoms with Crippen molar-refractivity contribution < 1.29 is 9.53 Å². The normalized spacial score (nSPS) is 16.0. The zero-order valence-corrected chi connectivity index (χ0v) is 12.3. The van der Waals surface area contributed by atoms with E-state index in [1.165, 1.54) is 0 Å². The van der Waals surface area contributed by atoms with E-state index in [1.54, 1.807) is 0 Å². The summed E-state index contributed by atoms with van der Waals surface area (Å²) >= 11 is 0. The lowest BCUT2D eigenvalue weighted by Gasteiger charge is -2.30. The van der Waals surface area contributed by atoms with Gasteiger partial charge >= 0.3 is 0 Å². The highest BCUT2D eigenvalue weighted by Gasteiger charge is 2.33. The topological polar surface area (TPSA) is 38.3 Å². The first-order valence-electron chi connectivity index (χ1n) is 7.16. The molecule has 0 spiro atoms. The molecule has 2 aromatic rings. The number of rotatable bonds is 3. The Labute approximate surface area is 124 Å². The van der Waals surface area contributed by atoms with E-state index in [-0.39, 0.29) is 11.3 Å². The molecule has 0 saturated heterocycles. The molecule has 0 radical (unpaired) electrons. The second kappa shape index (κ2) is 5.24. The molecule has 0 bridgehead atoms. The molecule has 0 saturated carbocycles. The first kappa shape index (κ1) is 13.7. The van der Waals surface area contributed by atoms with Gasteiger partial charge in [0.05, 0.1) is 0 Å². The van der Waals surface area contributed by atoms with Crippen LogP contribution in [0.4, 0.5) is 5.69 Å². The summed E-state index contributed by atoms with van der Waals surface area (Å²) in [5.41, 5.74) is 2.80. The van der Waals surface area contributed by atoms with E-state index in [9.17, 15) is 4.79 Å². The Hall–Kier alpha value is -2.29. The van der Waals surface area contributed by atoms with Gasteiger partial charge in [0.1, 0.15) is 12.4 Å². The number of fused-ring (bicyclic) bond motifs is 1. The quantitative estimate of drug-likeness (QED) is 0.929. The summed E-state index contributed by atoms with van der Waals surface area (Å²) in [6.45, 7) is 4.45. The Balaban J connectivity index is 1.75. The minimum atomic E-state index is -0.348. The maximum atomic E-state index is 12.0. The van der Waals surface area contributed by atoms with Crippen molar-refractivity contribution in [2.24, 2.45) is 5.41 Å². The fourth-order valence-corrected chi connectivity index (χ4v) is 2.50. The number of carbonyl (C=O) groups excluding carboxylic acids is 1. The molecular formula is C18H19NO2. The number of hydrogen-bond acceptors (Lipinski definition) is 2. The Morgan fingerprint density at radius 3 is 2.67 bits per heavy atom. The van der Waals surface area contributed by atoms with Crippen LogP contribution in [0.25, 0.3) is 0 Å². The van der Waals surface area contributed by atoms with Gasteiger partial charge < -0.3 is 10.1 Å². The SMILES string of the molecule is CC1(C)Cc2ccc(OCc3ccccc3)cc2NC1=O. The third kappa shape index (κ3) is 2.92. The lowest BCUT2D eigenvalue weighted by atomic mass is 9.81. The van der Waals surface area contributed by atoms with Crippen molar-refractivity contribution in [3.05, 3.63) is 59.7 Å². The second-order valence-electron chi connectivity index (χ2n) is 6.11. The van der Waals surface area contributed by atoms with Crippen molar-refractivity contribution in [3.8, 4) is 5.75 Å². The summed E-state index contributed by atoms with van der Waals surface area (Å²) in [5.74, 6) is 0.841. The smallest absolute Gasteiger partial charge is 0.230 e. The number of benzene rings is 2. The van der Waals surface area contributed by atoms with Crippen LogP contribution in [0.3, 0.4) is 0 Å². The number of ether oxygens (including phenoxy) is 1. The van der Waals surface area contributed by atoms with Crippen molar-refractivity contribution >= 4 is 11.6 Å². The monoisotopic (exact) mass is 281 g/mol. The average Bonchev–Trinajstić information content (AvgIpc) is 2.47. The summed E-state index contributed by atoms with van der Waals surface area (Å²) in [7, 11) is 0. The van der Waals surface area contributed by atoms with Crippen LogP contribution >= 0.6 is 0 Å². The van der Waals surface area contributed by atoms with E-state index < -0.39 is 0 Å². The van der Waals surface area contributed by atoms with E-state index in [4.69, 9.17) is 4.74 Å². The van der Waals surface area contributed by atoms with Gasteiger partial charge in [0.25, 0.3) is 0 Å². The lowest BCUT2D eigenvalue weighted by Crippen LogP contribution is -2.36. The maximum Gasteiger partial charge on any atom is 0.230 e. The van der Waals surface area contributed by atoms with Crippen LogP contribution in [0.1, 0.15) is 25.0 Å². The summed E-state index contributed by atoms with van der Waals surface area (Å²) < 4.78 is 5.79. The fraction of sp³-hybridized carbons (Fsp3) is 0.278. The lowest BCUT2D eigenvalue weighted by molar-refractivity contribution is -0.124. The van der Waals surface area contributed by atoms with Gasteiger partial charge in [-0.3, -0.25) is 4.79 Å². The molecule has 21 heavy (non-hydrogen) atoms. The maximum absolute atomic E-state index is 12.0. The molecule has 1 heterocycles. The minimum absolute atomic E-state index is 0.0650. The zero-order valence-electron chi connectivity index (χ0n) is 12.3. The molecule has 1 N–H and O–H groups in total. The first-order valence-corrected chi connectivity index (χ1v) is 7.16. The summed E-state index contributed by atoms with van der Waals surface area (Å²) in [5, 5.41) is 2.97. The molecule has 0 fully saturated rings. The molecule has 3 rings (SSSR count). The molecule has 0 aliphatic carbocycles. The fourth-order valence-electron chi connectivity index (χ4n) is 2.50. The number of carbonyl (C=O) groups is 1. The molecule has 0 aromatic heterocycles. The van der Waals surface area contributed by atoms with Gasteiger partial charge in [0.2, 0.25) is 5.91 Å². The van der Waals surface area contributed by atoms with E-state index in [1.807, 2.05) is 62.4 Å². The average molecular weight is 281 g/mol. The van der Waals surface area contributed by atoms with Gasteiger partial charge in [-0.15, -0.1) is 0 Å². The predicted octanol–water partition coefficient (Wildman–Crippen LogP) is 3.79. The highest BCUT2D eigenvalue weighted by atomic mass is 16.5. The third-order valence-corrected chi connectivity index (χ3v) is 3.82. The predicted molar refractivity (Wildman–Crippen MR) is 83.3 cm³/mol. The first-order chi connectivity index (χ1) is 10.0. The summed E-state index contributed by atoms with van der Waals surface area (Å²) in [6, 6.07) is 15.9. The number of anilines is 1. The molecule has 3 nitrogen and oxygen atoms in total. The highest BCUT2D eigenvalue weighted by Crippen LogP contribution is 2.35. The Kier molecular flexibility index (Phi) is 3.42. The Morgan fingerprint density at radius 1 is 1.14 bits per heavy atom. The molecule has 1 aliphatic heterocycles. The molecule has 2 aromatic carbocycles. The van der Waals surface area contributed by atoms with Crippen molar-refractivity contribution in [1.29, 1.82) is 0 Å². The number of amides is 1. The molecule has 0 unspecified atom stereocenters. The van der Waals surface area contributed by atoms with Crippen molar-refractivity contribution in [2.75, 3.05) is 5.32 Å². The summed E-state index contributed by atoms with van der Waals surface area (Å²) in [4.78, 5) is 12.0. The molecule has 0 atom stereocenters. The van der Waals surface area contributed by atoms with E-state index in [2.05, 4.69) is 5.32 Å². The van der Waals surface area contributed by atoms with Crippen molar-refractivity contribution in [2.45, 2.75) is 26.9 Å². The highest BCUT2D eigenvalue weighted by molar-refractivity contribution is 5.98. The number of hydrogen-bond donors (Lipinski definition) is 1. The van der Waals surface area contributed by atoms with Crippen LogP contribution in [0.15, 0.2) is 48.5 Å². The molecule has 3 heteroatoms. The van der Waals surface area contributed by atoms with Crippen LogP contribution in [-0.4, -0.2) is 5.91 Å². The van der Waals surface area contributed by atoms with E-state index >= 15 is 0 Å². The molecular weight excluding hydrogens is 262 g/mol. The van der Waals surface area contributed by atoms with Gasteiger partial charge in [-0.25, -0.2) is 0 Å². The Morgan fingerprint density at radius 2 is 1.90 bits per heavy atom. The van der Waals surface area contributed by atoms with E-state index in [0.717, 1.165) is 29.0 Å². The van der Waals surface area contributed by atoms with Crippen LogP contribution in [-0.2, 0) is 17.8 Å². The van der Waals surface area contributed by atoms with Gasteiger partial charge in [0, 0.05) is 17.2 Å². The van der Waals surface area contributed by atoms with Gasteiger partial charge in [0.15, 0.2) is 0 Å². The standard InChI is InChI=1S/C18H19NO2/c1-18(2)11-14-8-9-15(10-16(14)19-17(18)20)21-12-13-6-4-3-5-7-13/h3-10H,11-12H2,1-2H3,(H,19,20). The molecule has 108 valence electrons. The van der Waals surface area contributed by atoms with Gasteiger partial charge in [-0.05, 0) is 23.6 Å². The number of nitrogens with one attached hydrogen (secondary N) is 1. The van der Waals surface area contributed by atoms with Crippen LogP contribution in [0, 0.1) is 5.41 Å². The van der Waals surface area contributed by atoms with Crippen LogP contribution in [0.2, 0.25) is 0 Å². The second-order valence-corrected chi connectivity index (χ2v) is 6.11. The van der Waals surface area contributed by atoms with E-state index in [0.29, 0.717) is 6.61 Å². The van der Waals surface area contributed by atoms with Crippen LogP contribution < -0.4 is 10.1 Å². The minimum Gasteiger partial charge on any atom is -0.489 e. The zero-order chi connectivity index (χ0) is 14.9.